The largest absolute Gasteiger partial charge is 0.489 e. The maximum absolute atomic E-state index is 13.7. The van der Waals surface area contributed by atoms with Crippen LogP contribution in [0, 0.1) is 17.1 Å². The van der Waals surface area contributed by atoms with Gasteiger partial charge in [0.25, 0.3) is 0 Å². The average Bonchev–Trinajstić information content (AvgIpc) is 2.45. The van der Waals surface area contributed by atoms with Gasteiger partial charge in [-0.25, -0.2) is 4.39 Å². The van der Waals surface area contributed by atoms with Crippen LogP contribution >= 0.6 is 11.6 Å². The molecule has 0 radical (unpaired) electrons. The number of ether oxygens (including phenoxy) is 1. The summed E-state index contributed by atoms with van der Waals surface area (Å²) >= 11 is 6.03. The first-order valence-electron chi connectivity index (χ1n) is 6.30. The van der Waals surface area contributed by atoms with E-state index in [1.165, 1.54) is 19.1 Å². The van der Waals surface area contributed by atoms with Crippen molar-refractivity contribution in [3.8, 4) is 11.8 Å². The Hall–Kier alpha value is -2.09. The summed E-state index contributed by atoms with van der Waals surface area (Å²) in [7, 11) is 0. The molecule has 1 unspecified atom stereocenters. The van der Waals surface area contributed by atoms with E-state index in [1.54, 1.807) is 24.3 Å². The molecular formula is C16H13ClFNO2. The quantitative estimate of drug-likeness (QED) is 0.929. The number of rotatable bonds is 4. The number of hydrogen-bond acceptors (Lipinski definition) is 3. The van der Waals surface area contributed by atoms with E-state index in [-0.39, 0.29) is 12.2 Å². The lowest BCUT2D eigenvalue weighted by Gasteiger charge is -2.11. The third kappa shape index (κ3) is 3.72. The van der Waals surface area contributed by atoms with E-state index in [0.29, 0.717) is 21.9 Å². The van der Waals surface area contributed by atoms with Crippen LogP contribution in [0.5, 0.6) is 5.75 Å². The third-order valence-electron chi connectivity index (χ3n) is 3.00. The number of aliphatic hydroxyl groups is 1. The van der Waals surface area contributed by atoms with Gasteiger partial charge in [0.15, 0.2) is 0 Å². The van der Waals surface area contributed by atoms with Crippen LogP contribution in [0.15, 0.2) is 36.4 Å². The van der Waals surface area contributed by atoms with Gasteiger partial charge in [-0.3, -0.25) is 0 Å². The van der Waals surface area contributed by atoms with E-state index in [0.717, 1.165) is 0 Å². The predicted molar refractivity (Wildman–Crippen MR) is 77.5 cm³/mol. The fraction of sp³-hybridized carbons (Fsp3) is 0.188. The molecule has 0 aromatic heterocycles. The second-order valence-corrected chi connectivity index (χ2v) is 4.97. The summed E-state index contributed by atoms with van der Waals surface area (Å²) in [6.45, 7) is 1.66. The van der Waals surface area contributed by atoms with Crippen LogP contribution < -0.4 is 4.74 Å². The smallest absolute Gasteiger partial charge is 0.132 e. The first-order chi connectivity index (χ1) is 10.0. The minimum Gasteiger partial charge on any atom is -0.489 e. The lowest BCUT2D eigenvalue weighted by molar-refractivity contribution is 0.194. The van der Waals surface area contributed by atoms with Crippen molar-refractivity contribution >= 4 is 11.6 Å². The Bertz CT molecular complexity index is 695. The number of hydrogen-bond donors (Lipinski definition) is 1. The van der Waals surface area contributed by atoms with Crippen molar-refractivity contribution in [2.45, 2.75) is 19.6 Å². The monoisotopic (exact) mass is 305 g/mol. The van der Waals surface area contributed by atoms with Gasteiger partial charge >= 0.3 is 0 Å². The Morgan fingerprint density at radius 2 is 2.10 bits per heavy atom. The summed E-state index contributed by atoms with van der Waals surface area (Å²) in [6.07, 6.45) is -0.868. The van der Waals surface area contributed by atoms with Crippen LogP contribution in [0.1, 0.15) is 29.7 Å². The SMILES string of the molecule is CC(O)c1ccc(OCc2ccc(C#N)cc2Cl)cc1F. The van der Waals surface area contributed by atoms with E-state index >= 15 is 0 Å². The predicted octanol–water partition coefficient (Wildman–Crippen LogP) is 3.98. The third-order valence-corrected chi connectivity index (χ3v) is 3.35. The number of nitrogens with zero attached hydrogens (tertiary/aromatic N) is 1. The Balaban J connectivity index is 2.10. The summed E-state index contributed by atoms with van der Waals surface area (Å²) in [5.41, 5.74) is 1.39. The molecule has 0 aliphatic carbocycles. The molecule has 0 bridgehead atoms. The molecule has 0 spiro atoms. The minimum atomic E-state index is -0.868. The van der Waals surface area contributed by atoms with Crippen LogP contribution in [0.2, 0.25) is 5.02 Å². The molecule has 0 fully saturated rings. The van der Waals surface area contributed by atoms with Crippen LogP contribution in [0.4, 0.5) is 4.39 Å². The van der Waals surface area contributed by atoms with Gasteiger partial charge < -0.3 is 9.84 Å². The zero-order valence-corrected chi connectivity index (χ0v) is 12.1. The molecule has 2 rings (SSSR count). The summed E-state index contributed by atoms with van der Waals surface area (Å²) in [5.74, 6) is -0.175. The lowest BCUT2D eigenvalue weighted by atomic mass is 10.1. The van der Waals surface area contributed by atoms with Gasteiger partial charge in [0, 0.05) is 22.2 Å². The second kappa shape index (κ2) is 6.57. The maximum atomic E-state index is 13.7. The molecule has 2 aromatic carbocycles. The summed E-state index contributed by atoms with van der Waals surface area (Å²) in [5, 5.41) is 18.6. The zero-order valence-electron chi connectivity index (χ0n) is 11.3. The molecule has 5 heteroatoms. The minimum absolute atomic E-state index is 0.165. The van der Waals surface area contributed by atoms with Crippen molar-refractivity contribution in [1.82, 2.24) is 0 Å². The van der Waals surface area contributed by atoms with Gasteiger partial charge in [-0.05, 0) is 31.2 Å². The fourth-order valence-corrected chi connectivity index (χ4v) is 2.07. The molecular weight excluding hydrogens is 293 g/mol. The highest BCUT2D eigenvalue weighted by Crippen LogP contribution is 2.24. The Labute approximate surface area is 127 Å². The summed E-state index contributed by atoms with van der Waals surface area (Å²) < 4.78 is 19.2. The van der Waals surface area contributed by atoms with E-state index in [1.807, 2.05) is 6.07 Å². The molecule has 0 aliphatic heterocycles. The second-order valence-electron chi connectivity index (χ2n) is 4.57. The number of halogens is 2. The molecule has 0 aliphatic rings. The standard InChI is InChI=1S/C16H13ClFNO2/c1-10(20)14-5-4-13(7-16(14)18)21-9-12-3-2-11(8-19)6-15(12)17/h2-7,10,20H,9H2,1H3. The summed E-state index contributed by atoms with van der Waals surface area (Å²) in [6, 6.07) is 11.2. The lowest BCUT2D eigenvalue weighted by Crippen LogP contribution is -2.00. The van der Waals surface area contributed by atoms with Crippen LogP contribution in [0.25, 0.3) is 0 Å². The highest BCUT2D eigenvalue weighted by Gasteiger charge is 2.09. The van der Waals surface area contributed by atoms with Crippen LogP contribution in [0.3, 0.4) is 0 Å². The highest BCUT2D eigenvalue weighted by atomic mass is 35.5. The van der Waals surface area contributed by atoms with Crippen LogP contribution in [-0.2, 0) is 6.61 Å². The van der Waals surface area contributed by atoms with Gasteiger partial charge in [-0.2, -0.15) is 5.26 Å². The van der Waals surface area contributed by atoms with Gasteiger partial charge in [0.1, 0.15) is 18.2 Å². The van der Waals surface area contributed by atoms with Crippen molar-refractivity contribution in [2.75, 3.05) is 0 Å². The molecule has 3 nitrogen and oxygen atoms in total. The molecule has 2 aromatic rings. The van der Waals surface area contributed by atoms with E-state index in [4.69, 9.17) is 21.6 Å². The summed E-state index contributed by atoms with van der Waals surface area (Å²) in [4.78, 5) is 0. The maximum Gasteiger partial charge on any atom is 0.132 e. The van der Waals surface area contributed by atoms with Crippen molar-refractivity contribution in [1.29, 1.82) is 5.26 Å². The topological polar surface area (TPSA) is 53.2 Å². The van der Waals surface area contributed by atoms with Gasteiger partial charge in [-0.15, -0.1) is 0 Å². The van der Waals surface area contributed by atoms with Gasteiger partial charge in [0.05, 0.1) is 17.7 Å². The molecule has 1 atom stereocenters. The average molecular weight is 306 g/mol. The fourth-order valence-electron chi connectivity index (χ4n) is 1.83. The highest BCUT2D eigenvalue weighted by molar-refractivity contribution is 6.31. The van der Waals surface area contributed by atoms with Crippen LogP contribution in [-0.4, -0.2) is 5.11 Å². The van der Waals surface area contributed by atoms with E-state index in [9.17, 15) is 9.50 Å². The van der Waals surface area contributed by atoms with Crippen molar-refractivity contribution < 1.29 is 14.2 Å². The van der Waals surface area contributed by atoms with E-state index in [2.05, 4.69) is 0 Å². The molecule has 0 saturated heterocycles. The number of benzene rings is 2. The molecule has 0 amide bonds. The first kappa shape index (κ1) is 15.3. The van der Waals surface area contributed by atoms with E-state index < -0.39 is 11.9 Å². The number of aliphatic hydroxyl groups excluding tert-OH is 1. The molecule has 0 saturated carbocycles. The molecule has 21 heavy (non-hydrogen) atoms. The zero-order chi connectivity index (χ0) is 15.4. The van der Waals surface area contributed by atoms with Gasteiger partial charge in [0.2, 0.25) is 0 Å². The molecule has 0 heterocycles. The van der Waals surface area contributed by atoms with Crippen molar-refractivity contribution in [2.24, 2.45) is 0 Å². The van der Waals surface area contributed by atoms with Crippen molar-refractivity contribution in [3.63, 3.8) is 0 Å². The number of nitriles is 1. The first-order valence-corrected chi connectivity index (χ1v) is 6.68. The molecule has 108 valence electrons. The molecule has 1 N–H and O–H groups in total. The Kier molecular flexibility index (Phi) is 4.79. The van der Waals surface area contributed by atoms with Gasteiger partial charge in [-0.1, -0.05) is 17.7 Å². The Morgan fingerprint density at radius 3 is 2.67 bits per heavy atom. The normalized spacial score (nSPS) is 11.8. The Morgan fingerprint density at radius 1 is 1.33 bits per heavy atom. The van der Waals surface area contributed by atoms with Crippen molar-refractivity contribution in [3.05, 3.63) is 63.9 Å².